The lowest BCUT2D eigenvalue weighted by molar-refractivity contribution is 0.412. The Hall–Kier alpha value is -2.01. The van der Waals surface area contributed by atoms with E-state index >= 15 is 0 Å². The minimum Gasteiger partial charge on any atom is -0.496 e. The van der Waals surface area contributed by atoms with Crippen LogP contribution < -0.4 is 10.1 Å². The topological polar surface area (TPSA) is 49.9 Å². The van der Waals surface area contributed by atoms with E-state index < -0.39 is 0 Å². The van der Waals surface area contributed by atoms with Gasteiger partial charge in [0.15, 0.2) is 0 Å². The van der Waals surface area contributed by atoms with Gasteiger partial charge in [0, 0.05) is 5.69 Å². The largest absolute Gasteiger partial charge is 0.496 e. The lowest BCUT2D eigenvalue weighted by Crippen LogP contribution is -1.93. The van der Waals surface area contributed by atoms with Crippen LogP contribution in [-0.4, -0.2) is 17.1 Å². The van der Waals surface area contributed by atoms with Crippen molar-refractivity contribution in [3.8, 4) is 5.75 Å². The predicted molar refractivity (Wildman–Crippen MR) is 80.1 cm³/mol. The smallest absolute Gasteiger partial charge is 0.205 e. The molecule has 2 N–H and O–H groups in total. The molecule has 96 valence electrons. The van der Waals surface area contributed by atoms with Crippen molar-refractivity contribution >= 4 is 38.6 Å². The average Bonchev–Trinajstić information content (AvgIpc) is 2.81. The molecule has 5 heteroatoms. The number of aromatic amines is 1. The van der Waals surface area contributed by atoms with Gasteiger partial charge in [0.2, 0.25) is 5.95 Å². The molecule has 0 aliphatic heterocycles. The number of benzene rings is 2. The second-order valence-corrected chi connectivity index (χ2v) is 4.93. The third-order valence-corrected chi connectivity index (χ3v) is 3.42. The number of rotatable bonds is 3. The minimum absolute atomic E-state index is 0.721. The summed E-state index contributed by atoms with van der Waals surface area (Å²) in [5.41, 5.74) is 2.89. The van der Waals surface area contributed by atoms with E-state index in [4.69, 9.17) is 4.74 Å². The van der Waals surface area contributed by atoms with Crippen molar-refractivity contribution in [1.82, 2.24) is 9.97 Å². The maximum atomic E-state index is 5.20. The molecule has 19 heavy (non-hydrogen) atoms. The SMILES string of the molecule is COc1ccc(Nc2nc3ccccc3[nH]2)cc1Br. The number of imidazole rings is 1. The van der Waals surface area contributed by atoms with Gasteiger partial charge in [0.1, 0.15) is 5.75 Å². The number of halogens is 1. The van der Waals surface area contributed by atoms with E-state index in [9.17, 15) is 0 Å². The molecular weight excluding hydrogens is 306 g/mol. The summed E-state index contributed by atoms with van der Waals surface area (Å²) in [4.78, 5) is 7.69. The van der Waals surface area contributed by atoms with Crippen molar-refractivity contribution in [3.05, 3.63) is 46.9 Å². The fraction of sp³-hybridized carbons (Fsp3) is 0.0714. The number of para-hydroxylation sites is 2. The zero-order chi connectivity index (χ0) is 13.2. The Labute approximate surface area is 118 Å². The molecule has 0 amide bonds. The van der Waals surface area contributed by atoms with Crippen LogP contribution in [0.25, 0.3) is 11.0 Å². The summed E-state index contributed by atoms with van der Waals surface area (Å²) < 4.78 is 6.10. The van der Waals surface area contributed by atoms with Crippen molar-refractivity contribution in [2.24, 2.45) is 0 Å². The van der Waals surface area contributed by atoms with E-state index in [1.54, 1.807) is 7.11 Å². The predicted octanol–water partition coefficient (Wildman–Crippen LogP) is 4.08. The molecule has 0 atom stereocenters. The lowest BCUT2D eigenvalue weighted by atomic mass is 10.3. The molecule has 4 nitrogen and oxygen atoms in total. The highest BCUT2D eigenvalue weighted by Gasteiger charge is 2.04. The number of ether oxygens (including phenoxy) is 1. The van der Waals surface area contributed by atoms with Crippen LogP contribution in [0.2, 0.25) is 0 Å². The third-order valence-electron chi connectivity index (χ3n) is 2.80. The first-order chi connectivity index (χ1) is 9.26. The monoisotopic (exact) mass is 317 g/mol. The van der Waals surface area contributed by atoms with Gasteiger partial charge in [0.25, 0.3) is 0 Å². The summed E-state index contributed by atoms with van der Waals surface area (Å²) in [5, 5.41) is 3.23. The Morgan fingerprint density at radius 3 is 2.79 bits per heavy atom. The highest BCUT2D eigenvalue weighted by atomic mass is 79.9. The number of anilines is 2. The van der Waals surface area contributed by atoms with Gasteiger partial charge in [-0.25, -0.2) is 4.98 Å². The lowest BCUT2D eigenvalue weighted by Gasteiger charge is -2.06. The number of hydrogen-bond acceptors (Lipinski definition) is 3. The Kier molecular flexibility index (Phi) is 3.13. The molecule has 0 saturated heterocycles. The molecule has 3 aromatic rings. The fourth-order valence-electron chi connectivity index (χ4n) is 1.89. The van der Waals surface area contributed by atoms with E-state index in [0.29, 0.717) is 0 Å². The minimum atomic E-state index is 0.721. The average molecular weight is 318 g/mol. The van der Waals surface area contributed by atoms with Crippen LogP contribution in [0.5, 0.6) is 5.75 Å². The Morgan fingerprint density at radius 1 is 1.21 bits per heavy atom. The molecule has 0 radical (unpaired) electrons. The summed E-state index contributed by atoms with van der Waals surface area (Å²) in [6.07, 6.45) is 0. The second-order valence-electron chi connectivity index (χ2n) is 4.08. The molecule has 1 heterocycles. The highest BCUT2D eigenvalue weighted by molar-refractivity contribution is 9.10. The molecule has 0 fully saturated rings. The summed E-state index contributed by atoms with van der Waals surface area (Å²) in [6.45, 7) is 0. The van der Waals surface area contributed by atoms with Crippen molar-refractivity contribution in [2.45, 2.75) is 0 Å². The van der Waals surface area contributed by atoms with E-state index in [2.05, 4.69) is 31.2 Å². The van der Waals surface area contributed by atoms with Crippen LogP contribution in [0.1, 0.15) is 0 Å². The summed E-state index contributed by atoms with van der Waals surface area (Å²) in [7, 11) is 1.65. The van der Waals surface area contributed by atoms with Gasteiger partial charge >= 0.3 is 0 Å². The van der Waals surface area contributed by atoms with Gasteiger partial charge in [-0.15, -0.1) is 0 Å². The van der Waals surface area contributed by atoms with E-state index in [1.165, 1.54) is 0 Å². The first kappa shape index (κ1) is 12.0. The maximum absolute atomic E-state index is 5.20. The van der Waals surface area contributed by atoms with Gasteiger partial charge in [-0.05, 0) is 46.3 Å². The number of H-pyrrole nitrogens is 1. The van der Waals surface area contributed by atoms with Gasteiger partial charge in [-0.3, -0.25) is 0 Å². The zero-order valence-electron chi connectivity index (χ0n) is 10.3. The molecule has 0 aliphatic carbocycles. The van der Waals surface area contributed by atoms with Crippen molar-refractivity contribution in [1.29, 1.82) is 0 Å². The summed E-state index contributed by atoms with van der Waals surface area (Å²) in [5.74, 6) is 1.52. The number of methoxy groups -OCH3 is 1. The van der Waals surface area contributed by atoms with Gasteiger partial charge in [-0.1, -0.05) is 12.1 Å². The molecule has 2 aromatic carbocycles. The summed E-state index contributed by atoms with van der Waals surface area (Å²) >= 11 is 3.46. The quantitative estimate of drug-likeness (QED) is 0.765. The number of hydrogen-bond donors (Lipinski definition) is 2. The Morgan fingerprint density at radius 2 is 2.05 bits per heavy atom. The van der Waals surface area contributed by atoms with Crippen molar-refractivity contribution in [2.75, 3.05) is 12.4 Å². The van der Waals surface area contributed by atoms with E-state index in [1.807, 2.05) is 42.5 Å². The van der Waals surface area contributed by atoms with Crippen LogP contribution in [0.4, 0.5) is 11.6 Å². The van der Waals surface area contributed by atoms with Crippen LogP contribution in [0.15, 0.2) is 46.9 Å². The Bertz CT molecular complexity index is 691. The van der Waals surface area contributed by atoms with Gasteiger partial charge in [-0.2, -0.15) is 0 Å². The van der Waals surface area contributed by atoms with Gasteiger partial charge < -0.3 is 15.0 Å². The second kappa shape index (κ2) is 4.93. The van der Waals surface area contributed by atoms with Crippen molar-refractivity contribution < 1.29 is 4.74 Å². The first-order valence-electron chi connectivity index (χ1n) is 5.81. The van der Waals surface area contributed by atoms with Crippen LogP contribution >= 0.6 is 15.9 Å². The number of fused-ring (bicyclic) bond motifs is 1. The number of nitrogens with one attached hydrogen (secondary N) is 2. The molecule has 0 bridgehead atoms. The van der Waals surface area contributed by atoms with Crippen molar-refractivity contribution in [3.63, 3.8) is 0 Å². The van der Waals surface area contributed by atoms with Gasteiger partial charge in [0.05, 0.1) is 22.6 Å². The standard InChI is InChI=1S/C14H12BrN3O/c1-19-13-7-6-9(8-10(13)15)16-14-17-11-4-2-3-5-12(11)18-14/h2-8H,1H3,(H2,16,17,18). The summed E-state index contributed by atoms with van der Waals surface area (Å²) in [6, 6.07) is 13.7. The Balaban J connectivity index is 1.90. The maximum Gasteiger partial charge on any atom is 0.205 e. The first-order valence-corrected chi connectivity index (χ1v) is 6.61. The fourth-order valence-corrected chi connectivity index (χ4v) is 2.43. The van der Waals surface area contributed by atoms with Crippen LogP contribution in [0, 0.1) is 0 Å². The third kappa shape index (κ3) is 2.42. The molecule has 3 rings (SSSR count). The molecular formula is C14H12BrN3O. The zero-order valence-corrected chi connectivity index (χ0v) is 11.9. The molecule has 0 saturated carbocycles. The normalized spacial score (nSPS) is 10.6. The molecule has 0 unspecified atom stereocenters. The number of nitrogens with zero attached hydrogens (tertiary/aromatic N) is 1. The molecule has 0 aliphatic rings. The number of aromatic nitrogens is 2. The van der Waals surface area contributed by atoms with E-state index in [0.717, 1.165) is 32.9 Å². The van der Waals surface area contributed by atoms with E-state index in [-0.39, 0.29) is 0 Å². The van der Waals surface area contributed by atoms with Crippen LogP contribution in [-0.2, 0) is 0 Å². The molecule has 0 spiro atoms. The highest BCUT2D eigenvalue weighted by Crippen LogP contribution is 2.29. The van der Waals surface area contributed by atoms with Crippen LogP contribution in [0.3, 0.4) is 0 Å². The molecule has 1 aromatic heterocycles.